The van der Waals surface area contributed by atoms with Crippen molar-refractivity contribution in [3.05, 3.63) is 0 Å². The Labute approximate surface area is 61.5 Å². The standard InChI is InChI=1S/C7H15NO2/c1-2-10-7(3-4-8)5-9-6-7/h2-6,8H2,1H3. The lowest BCUT2D eigenvalue weighted by Gasteiger charge is -2.40. The average Bonchev–Trinajstić information content (AvgIpc) is 1.84. The van der Waals surface area contributed by atoms with Gasteiger partial charge in [0.2, 0.25) is 0 Å². The van der Waals surface area contributed by atoms with Crippen molar-refractivity contribution in [2.24, 2.45) is 5.73 Å². The van der Waals surface area contributed by atoms with E-state index in [1.807, 2.05) is 6.92 Å². The van der Waals surface area contributed by atoms with Crippen LogP contribution in [-0.4, -0.2) is 32.0 Å². The first kappa shape index (κ1) is 7.98. The molecule has 1 aliphatic heterocycles. The zero-order chi connectivity index (χ0) is 7.45. The van der Waals surface area contributed by atoms with Crippen LogP contribution in [0.15, 0.2) is 0 Å². The van der Waals surface area contributed by atoms with Gasteiger partial charge in [0.1, 0.15) is 5.60 Å². The molecule has 0 aromatic carbocycles. The van der Waals surface area contributed by atoms with Gasteiger partial charge in [-0.25, -0.2) is 0 Å². The fourth-order valence-electron chi connectivity index (χ4n) is 1.20. The Hall–Kier alpha value is -0.120. The summed E-state index contributed by atoms with van der Waals surface area (Å²) in [6.07, 6.45) is 0.918. The molecule has 1 rings (SSSR count). The Morgan fingerprint density at radius 1 is 1.60 bits per heavy atom. The lowest BCUT2D eigenvalue weighted by molar-refractivity contribution is -0.209. The largest absolute Gasteiger partial charge is 0.375 e. The van der Waals surface area contributed by atoms with Crippen LogP contribution in [0.5, 0.6) is 0 Å². The molecule has 0 amide bonds. The van der Waals surface area contributed by atoms with Crippen molar-refractivity contribution >= 4 is 0 Å². The Morgan fingerprint density at radius 2 is 2.30 bits per heavy atom. The Morgan fingerprint density at radius 3 is 2.60 bits per heavy atom. The quantitative estimate of drug-likeness (QED) is 0.612. The first-order valence-electron chi connectivity index (χ1n) is 3.75. The number of nitrogens with two attached hydrogens (primary N) is 1. The van der Waals surface area contributed by atoms with Gasteiger partial charge < -0.3 is 15.2 Å². The normalized spacial score (nSPS) is 22.2. The van der Waals surface area contributed by atoms with E-state index >= 15 is 0 Å². The maximum Gasteiger partial charge on any atom is 0.116 e. The molecular formula is C7H15NO2. The number of ether oxygens (including phenoxy) is 2. The predicted molar refractivity (Wildman–Crippen MR) is 38.8 cm³/mol. The van der Waals surface area contributed by atoms with Gasteiger partial charge in [-0.1, -0.05) is 0 Å². The van der Waals surface area contributed by atoms with Crippen molar-refractivity contribution in [1.82, 2.24) is 0 Å². The van der Waals surface area contributed by atoms with Crippen LogP contribution in [0.2, 0.25) is 0 Å². The molecule has 10 heavy (non-hydrogen) atoms. The second-order valence-corrected chi connectivity index (χ2v) is 2.65. The second kappa shape index (κ2) is 3.32. The summed E-state index contributed by atoms with van der Waals surface area (Å²) in [7, 11) is 0. The van der Waals surface area contributed by atoms with Crippen LogP contribution in [0.3, 0.4) is 0 Å². The molecule has 2 N–H and O–H groups in total. The lowest BCUT2D eigenvalue weighted by atomic mass is 9.98. The zero-order valence-electron chi connectivity index (χ0n) is 6.43. The number of hydrogen-bond donors (Lipinski definition) is 1. The highest BCUT2D eigenvalue weighted by atomic mass is 16.6. The van der Waals surface area contributed by atoms with Crippen molar-refractivity contribution in [2.75, 3.05) is 26.4 Å². The summed E-state index contributed by atoms with van der Waals surface area (Å²) >= 11 is 0. The van der Waals surface area contributed by atoms with Crippen LogP contribution in [-0.2, 0) is 9.47 Å². The van der Waals surface area contributed by atoms with E-state index < -0.39 is 0 Å². The molecule has 0 unspecified atom stereocenters. The topological polar surface area (TPSA) is 44.5 Å². The summed E-state index contributed by atoms with van der Waals surface area (Å²) in [5, 5.41) is 0. The molecule has 0 bridgehead atoms. The maximum absolute atomic E-state index is 5.50. The van der Waals surface area contributed by atoms with E-state index in [1.54, 1.807) is 0 Å². The molecule has 0 aromatic rings. The minimum Gasteiger partial charge on any atom is -0.375 e. The van der Waals surface area contributed by atoms with Crippen LogP contribution >= 0.6 is 0 Å². The van der Waals surface area contributed by atoms with E-state index in [4.69, 9.17) is 15.2 Å². The number of rotatable bonds is 4. The Kier molecular flexibility index (Phi) is 2.65. The molecule has 60 valence electrons. The predicted octanol–water partition coefficient (Wildman–Crippen LogP) is 0.141. The molecule has 3 heteroatoms. The maximum atomic E-state index is 5.50. The Bertz CT molecular complexity index is 93.8. The van der Waals surface area contributed by atoms with E-state index in [0.29, 0.717) is 6.54 Å². The van der Waals surface area contributed by atoms with Gasteiger partial charge in [0.05, 0.1) is 13.2 Å². The van der Waals surface area contributed by atoms with E-state index in [0.717, 1.165) is 26.2 Å². The van der Waals surface area contributed by atoms with Crippen molar-refractivity contribution < 1.29 is 9.47 Å². The highest BCUT2D eigenvalue weighted by molar-refractivity contribution is 4.87. The van der Waals surface area contributed by atoms with Crippen molar-refractivity contribution in [2.45, 2.75) is 18.9 Å². The molecular weight excluding hydrogens is 130 g/mol. The summed E-state index contributed by atoms with van der Waals surface area (Å²) < 4.78 is 10.6. The van der Waals surface area contributed by atoms with Crippen LogP contribution in [0.1, 0.15) is 13.3 Å². The fourth-order valence-corrected chi connectivity index (χ4v) is 1.20. The average molecular weight is 145 g/mol. The van der Waals surface area contributed by atoms with Crippen LogP contribution < -0.4 is 5.73 Å². The van der Waals surface area contributed by atoms with Gasteiger partial charge in [0, 0.05) is 6.61 Å². The van der Waals surface area contributed by atoms with Gasteiger partial charge in [0.25, 0.3) is 0 Å². The Balaban J connectivity index is 2.27. The van der Waals surface area contributed by atoms with Gasteiger partial charge >= 0.3 is 0 Å². The van der Waals surface area contributed by atoms with E-state index in [-0.39, 0.29) is 5.60 Å². The third kappa shape index (κ3) is 1.48. The molecule has 1 aliphatic rings. The molecule has 0 saturated carbocycles. The van der Waals surface area contributed by atoms with E-state index in [2.05, 4.69) is 0 Å². The summed E-state index contributed by atoms with van der Waals surface area (Å²) in [5.74, 6) is 0. The smallest absolute Gasteiger partial charge is 0.116 e. The third-order valence-electron chi connectivity index (χ3n) is 1.78. The van der Waals surface area contributed by atoms with Gasteiger partial charge in [-0.05, 0) is 19.9 Å². The van der Waals surface area contributed by atoms with Crippen LogP contribution in [0.25, 0.3) is 0 Å². The van der Waals surface area contributed by atoms with Crippen LogP contribution in [0, 0.1) is 0 Å². The first-order chi connectivity index (χ1) is 4.83. The zero-order valence-corrected chi connectivity index (χ0v) is 6.43. The second-order valence-electron chi connectivity index (χ2n) is 2.65. The molecule has 1 heterocycles. The molecule has 0 atom stereocenters. The summed E-state index contributed by atoms with van der Waals surface area (Å²) in [5.41, 5.74) is 5.39. The monoisotopic (exact) mass is 145 g/mol. The molecule has 1 saturated heterocycles. The molecule has 0 aliphatic carbocycles. The summed E-state index contributed by atoms with van der Waals surface area (Å²) in [6, 6.07) is 0. The van der Waals surface area contributed by atoms with Gasteiger partial charge in [-0.3, -0.25) is 0 Å². The van der Waals surface area contributed by atoms with Crippen LogP contribution in [0.4, 0.5) is 0 Å². The minimum atomic E-state index is -0.0243. The van der Waals surface area contributed by atoms with Gasteiger partial charge in [-0.2, -0.15) is 0 Å². The first-order valence-corrected chi connectivity index (χ1v) is 3.75. The van der Waals surface area contributed by atoms with Crippen molar-refractivity contribution in [3.63, 3.8) is 0 Å². The third-order valence-corrected chi connectivity index (χ3v) is 1.78. The van der Waals surface area contributed by atoms with E-state index in [9.17, 15) is 0 Å². The van der Waals surface area contributed by atoms with E-state index in [1.165, 1.54) is 0 Å². The minimum absolute atomic E-state index is 0.0243. The highest BCUT2D eigenvalue weighted by Crippen LogP contribution is 2.24. The SMILES string of the molecule is CCOC1(CCN)COC1. The summed E-state index contributed by atoms with van der Waals surface area (Å²) in [6.45, 7) is 4.87. The van der Waals surface area contributed by atoms with Gasteiger partial charge in [0.15, 0.2) is 0 Å². The molecule has 0 aromatic heterocycles. The lowest BCUT2D eigenvalue weighted by Crippen LogP contribution is -2.53. The molecule has 3 nitrogen and oxygen atoms in total. The molecule has 1 fully saturated rings. The highest BCUT2D eigenvalue weighted by Gasteiger charge is 2.38. The molecule has 0 radical (unpaired) electrons. The molecule has 0 spiro atoms. The summed E-state index contributed by atoms with van der Waals surface area (Å²) in [4.78, 5) is 0. The van der Waals surface area contributed by atoms with Crippen molar-refractivity contribution in [1.29, 1.82) is 0 Å². The van der Waals surface area contributed by atoms with Gasteiger partial charge in [-0.15, -0.1) is 0 Å². The fraction of sp³-hybridized carbons (Fsp3) is 1.00. The number of hydrogen-bond acceptors (Lipinski definition) is 3. The van der Waals surface area contributed by atoms with Crippen molar-refractivity contribution in [3.8, 4) is 0 Å².